The molecule has 0 N–H and O–H groups in total. The molecular formula is C19H18N2O4. The fraction of sp³-hybridized carbons (Fsp3) is 0.421. The maximum atomic E-state index is 12.6. The van der Waals surface area contributed by atoms with Gasteiger partial charge < -0.3 is 9.47 Å². The average molecular weight is 338 g/mol. The van der Waals surface area contributed by atoms with E-state index in [2.05, 4.69) is 6.07 Å². The van der Waals surface area contributed by atoms with Crippen LogP contribution in [0.25, 0.3) is 10.9 Å². The Morgan fingerprint density at radius 1 is 1.40 bits per heavy atom. The minimum Gasteiger partial charge on any atom is -0.464 e. The van der Waals surface area contributed by atoms with Crippen molar-refractivity contribution in [1.82, 2.24) is 4.57 Å². The Hall–Kier alpha value is -2.81. The molecule has 0 amide bonds. The van der Waals surface area contributed by atoms with E-state index >= 15 is 0 Å². The van der Waals surface area contributed by atoms with Crippen molar-refractivity contribution in [3.05, 3.63) is 36.0 Å². The number of para-hydroxylation sites is 1. The van der Waals surface area contributed by atoms with Crippen LogP contribution in [0, 0.1) is 22.7 Å². The second-order valence-corrected chi connectivity index (χ2v) is 7.62. The highest BCUT2D eigenvalue weighted by molar-refractivity contribution is 5.96. The van der Waals surface area contributed by atoms with Gasteiger partial charge in [-0.15, -0.1) is 0 Å². The summed E-state index contributed by atoms with van der Waals surface area (Å²) >= 11 is 0. The highest BCUT2D eigenvalue weighted by Crippen LogP contribution is 2.69. The van der Waals surface area contributed by atoms with E-state index in [1.165, 1.54) is 4.57 Å². The van der Waals surface area contributed by atoms with E-state index in [-0.39, 0.29) is 18.4 Å². The van der Waals surface area contributed by atoms with Crippen molar-refractivity contribution in [3.63, 3.8) is 0 Å². The van der Waals surface area contributed by atoms with Crippen LogP contribution < -0.4 is 0 Å². The van der Waals surface area contributed by atoms with Crippen LogP contribution in [0.4, 0.5) is 4.79 Å². The number of cyclic esters (lactones) is 1. The smallest absolute Gasteiger partial charge is 0.419 e. The standard InChI is InChI=1S/C19H18N2O4/c1-18(2,3)25-17(23)21-8-12(11-6-4-5-7-14(11)21)15-13-9-24-16(22)19(13,15)10-20/h4-8,13,15H,9H2,1-3H3/t13-,15-,19-/m0/s1. The van der Waals surface area contributed by atoms with Crippen molar-refractivity contribution in [1.29, 1.82) is 5.26 Å². The van der Waals surface area contributed by atoms with Crippen LogP contribution in [0.2, 0.25) is 0 Å². The molecule has 2 fully saturated rings. The molecule has 2 aliphatic rings. The molecule has 0 radical (unpaired) electrons. The molecule has 1 saturated heterocycles. The number of carbonyl (C=O) groups excluding carboxylic acids is 2. The minimum absolute atomic E-state index is 0.150. The number of fused-ring (bicyclic) bond motifs is 2. The fourth-order valence-electron chi connectivity index (χ4n) is 3.83. The van der Waals surface area contributed by atoms with Crippen LogP contribution in [0.3, 0.4) is 0 Å². The first-order chi connectivity index (χ1) is 11.8. The molecule has 2 aromatic rings. The summed E-state index contributed by atoms with van der Waals surface area (Å²) in [7, 11) is 0. The van der Waals surface area contributed by atoms with E-state index in [1.807, 2.05) is 45.0 Å². The number of ether oxygens (including phenoxy) is 2. The second kappa shape index (κ2) is 4.85. The molecule has 6 heteroatoms. The highest BCUT2D eigenvalue weighted by Gasteiger charge is 2.76. The number of carbonyl (C=O) groups is 2. The second-order valence-electron chi connectivity index (χ2n) is 7.62. The van der Waals surface area contributed by atoms with Crippen LogP contribution in [-0.4, -0.2) is 28.8 Å². The number of rotatable bonds is 1. The lowest BCUT2D eigenvalue weighted by atomic mass is 10.0. The Labute approximate surface area is 144 Å². The molecule has 6 nitrogen and oxygen atoms in total. The Kier molecular flexibility index (Phi) is 3.05. The quantitative estimate of drug-likeness (QED) is 0.746. The molecule has 0 bridgehead atoms. The van der Waals surface area contributed by atoms with Gasteiger partial charge in [0.25, 0.3) is 0 Å². The van der Waals surface area contributed by atoms with Gasteiger partial charge in [0.2, 0.25) is 0 Å². The van der Waals surface area contributed by atoms with Gasteiger partial charge in [0.15, 0.2) is 5.41 Å². The number of nitrogens with zero attached hydrogens (tertiary/aromatic N) is 2. The van der Waals surface area contributed by atoms with Crippen LogP contribution in [0.5, 0.6) is 0 Å². The first kappa shape index (κ1) is 15.7. The van der Waals surface area contributed by atoms with Gasteiger partial charge in [0.1, 0.15) is 5.60 Å². The van der Waals surface area contributed by atoms with E-state index in [9.17, 15) is 14.9 Å². The zero-order chi connectivity index (χ0) is 18.0. The zero-order valence-electron chi connectivity index (χ0n) is 14.3. The number of aromatic nitrogens is 1. The van der Waals surface area contributed by atoms with Crippen molar-refractivity contribution < 1.29 is 19.1 Å². The topological polar surface area (TPSA) is 81.3 Å². The van der Waals surface area contributed by atoms with Gasteiger partial charge in [-0.3, -0.25) is 9.36 Å². The molecule has 1 aliphatic heterocycles. The summed E-state index contributed by atoms with van der Waals surface area (Å²) in [5, 5.41) is 10.4. The maximum absolute atomic E-state index is 12.6. The van der Waals surface area contributed by atoms with Gasteiger partial charge in [0.05, 0.1) is 18.2 Å². The first-order valence-electron chi connectivity index (χ1n) is 8.21. The van der Waals surface area contributed by atoms with Gasteiger partial charge in [-0.25, -0.2) is 4.79 Å². The third-order valence-corrected chi connectivity index (χ3v) is 4.95. The molecule has 1 aliphatic carbocycles. The summed E-state index contributed by atoms with van der Waals surface area (Å²) in [6, 6.07) is 9.60. The third-order valence-electron chi connectivity index (χ3n) is 4.95. The van der Waals surface area contributed by atoms with Gasteiger partial charge in [0, 0.05) is 23.4 Å². The van der Waals surface area contributed by atoms with Gasteiger partial charge in [-0.1, -0.05) is 18.2 Å². The fourth-order valence-corrected chi connectivity index (χ4v) is 3.83. The van der Waals surface area contributed by atoms with Crippen LogP contribution >= 0.6 is 0 Å². The van der Waals surface area contributed by atoms with Crippen LogP contribution in [0.1, 0.15) is 32.3 Å². The monoisotopic (exact) mass is 338 g/mol. The lowest BCUT2D eigenvalue weighted by Gasteiger charge is -2.19. The molecule has 2 heterocycles. The number of hydrogen-bond acceptors (Lipinski definition) is 5. The molecule has 4 rings (SSSR count). The molecule has 1 aromatic heterocycles. The normalized spacial score (nSPS) is 27.5. The van der Waals surface area contributed by atoms with E-state index < -0.39 is 23.1 Å². The zero-order valence-corrected chi connectivity index (χ0v) is 14.3. The van der Waals surface area contributed by atoms with E-state index in [0.717, 1.165) is 10.9 Å². The summed E-state index contributed by atoms with van der Waals surface area (Å²) in [6.45, 7) is 5.68. The lowest BCUT2D eigenvalue weighted by molar-refractivity contribution is -0.143. The maximum Gasteiger partial charge on any atom is 0.419 e. The third kappa shape index (κ3) is 2.08. The van der Waals surface area contributed by atoms with E-state index in [4.69, 9.17) is 9.47 Å². The van der Waals surface area contributed by atoms with E-state index in [0.29, 0.717) is 5.52 Å². The Morgan fingerprint density at radius 3 is 2.76 bits per heavy atom. The Morgan fingerprint density at radius 2 is 2.12 bits per heavy atom. The van der Waals surface area contributed by atoms with Gasteiger partial charge in [-0.2, -0.15) is 5.26 Å². The largest absolute Gasteiger partial charge is 0.464 e. The average Bonchev–Trinajstić information content (AvgIpc) is 2.85. The van der Waals surface area contributed by atoms with Crippen molar-refractivity contribution in [2.45, 2.75) is 32.3 Å². The molecule has 1 saturated carbocycles. The van der Waals surface area contributed by atoms with Crippen molar-refractivity contribution in [2.75, 3.05) is 6.61 Å². The number of hydrogen-bond donors (Lipinski definition) is 0. The van der Waals surface area contributed by atoms with Gasteiger partial charge in [-0.05, 0) is 32.4 Å². The summed E-state index contributed by atoms with van der Waals surface area (Å²) < 4.78 is 12.0. The molecule has 3 atom stereocenters. The highest BCUT2D eigenvalue weighted by atomic mass is 16.6. The minimum atomic E-state index is -1.11. The summed E-state index contributed by atoms with van der Waals surface area (Å²) in [5.74, 6) is -0.852. The molecule has 0 spiro atoms. The Balaban J connectivity index is 1.81. The van der Waals surface area contributed by atoms with Crippen molar-refractivity contribution in [2.24, 2.45) is 11.3 Å². The number of nitriles is 1. The predicted octanol–water partition coefficient (Wildman–Crippen LogP) is 3.20. The molecule has 128 valence electrons. The molecule has 25 heavy (non-hydrogen) atoms. The van der Waals surface area contributed by atoms with Crippen LogP contribution in [0.15, 0.2) is 30.5 Å². The number of benzene rings is 1. The molecule has 1 aromatic carbocycles. The lowest BCUT2D eigenvalue weighted by Crippen LogP contribution is -2.26. The van der Waals surface area contributed by atoms with Crippen molar-refractivity contribution >= 4 is 23.0 Å². The molecule has 0 unspecified atom stereocenters. The molecular weight excluding hydrogens is 320 g/mol. The number of esters is 1. The van der Waals surface area contributed by atoms with Crippen LogP contribution in [-0.2, 0) is 14.3 Å². The predicted molar refractivity (Wildman–Crippen MR) is 88.8 cm³/mol. The Bertz CT molecular complexity index is 946. The van der Waals surface area contributed by atoms with Gasteiger partial charge >= 0.3 is 12.1 Å². The van der Waals surface area contributed by atoms with E-state index in [1.54, 1.807) is 6.20 Å². The summed E-state index contributed by atoms with van der Waals surface area (Å²) in [4.78, 5) is 24.6. The SMILES string of the molecule is CC(C)(C)OC(=O)n1cc([C@H]2[C@@H]3COC(=O)[C@@]32C#N)c2ccccc21. The first-order valence-corrected chi connectivity index (χ1v) is 8.21. The summed E-state index contributed by atoms with van der Waals surface area (Å²) in [5.41, 5.74) is -0.193. The van der Waals surface area contributed by atoms with Crippen molar-refractivity contribution in [3.8, 4) is 6.07 Å². The summed E-state index contributed by atoms with van der Waals surface area (Å²) in [6.07, 6.45) is 1.23.